The lowest BCUT2D eigenvalue weighted by Gasteiger charge is -2.15. The maximum absolute atomic E-state index is 12.2. The summed E-state index contributed by atoms with van der Waals surface area (Å²) in [5.41, 5.74) is 2.40. The van der Waals surface area contributed by atoms with Gasteiger partial charge in [0.2, 0.25) is 5.95 Å². The number of carbonyl (C=O) groups is 1. The van der Waals surface area contributed by atoms with E-state index in [9.17, 15) is 4.79 Å². The Bertz CT molecular complexity index is 712. The molecule has 1 aromatic heterocycles. The van der Waals surface area contributed by atoms with Crippen LogP contribution in [-0.4, -0.2) is 36.5 Å². The Morgan fingerprint density at radius 1 is 1.29 bits per heavy atom. The first-order valence-corrected chi connectivity index (χ1v) is 8.03. The first-order valence-electron chi connectivity index (χ1n) is 8.03. The topological polar surface area (TPSA) is 70.1 Å². The lowest BCUT2D eigenvalue weighted by molar-refractivity contribution is 0.0949. The summed E-state index contributed by atoms with van der Waals surface area (Å²) in [7, 11) is 3.89. The van der Waals surface area contributed by atoms with E-state index >= 15 is 0 Å². The highest BCUT2D eigenvalue weighted by molar-refractivity contribution is 5.95. The number of nitrogens with zero attached hydrogens (tertiary/aromatic N) is 3. The van der Waals surface area contributed by atoms with E-state index in [0.29, 0.717) is 24.0 Å². The quantitative estimate of drug-likeness (QED) is 0.853. The second kappa shape index (κ2) is 7.77. The molecule has 0 unspecified atom stereocenters. The first-order chi connectivity index (χ1) is 11.4. The molecular weight excluding hydrogens is 302 g/mol. The van der Waals surface area contributed by atoms with Gasteiger partial charge in [0, 0.05) is 43.7 Å². The lowest BCUT2D eigenvalue weighted by atomic mass is 10.1. The van der Waals surface area contributed by atoms with E-state index in [2.05, 4.69) is 34.4 Å². The Hall–Kier alpha value is -2.63. The van der Waals surface area contributed by atoms with Crippen molar-refractivity contribution in [3.8, 4) is 0 Å². The summed E-state index contributed by atoms with van der Waals surface area (Å²) in [6.07, 6.45) is 1.78. The number of rotatable bonds is 6. The predicted octanol–water partition coefficient (Wildman–Crippen LogP) is 2.98. The van der Waals surface area contributed by atoms with Gasteiger partial charge in [-0.15, -0.1) is 0 Å². The van der Waals surface area contributed by atoms with E-state index in [1.54, 1.807) is 18.3 Å². The van der Waals surface area contributed by atoms with Crippen LogP contribution in [0.3, 0.4) is 0 Å². The summed E-state index contributed by atoms with van der Waals surface area (Å²) < 4.78 is 0. The second-order valence-electron chi connectivity index (χ2n) is 6.40. The van der Waals surface area contributed by atoms with Gasteiger partial charge in [-0.05, 0) is 31.0 Å². The van der Waals surface area contributed by atoms with Gasteiger partial charge in [0.1, 0.15) is 5.82 Å². The van der Waals surface area contributed by atoms with Crippen LogP contribution in [-0.2, 0) is 0 Å². The van der Waals surface area contributed by atoms with Crippen molar-refractivity contribution in [3.63, 3.8) is 0 Å². The number of nitrogens with one attached hydrogen (secondary N) is 2. The fraction of sp³-hybridized carbons (Fsp3) is 0.389. The Morgan fingerprint density at radius 2 is 2.04 bits per heavy atom. The van der Waals surface area contributed by atoms with Gasteiger partial charge in [-0.2, -0.15) is 4.98 Å². The molecule has 0 atom stereocenters. The van der Waals surface area contributed by atoms with E-state index in [0.717, 1.165) is 17.1 Å². The fourth-order valence-corrected chi connectivity index (χ4v) is 2.21. The minimum Gasteiger partial charge on any atom is -0.362 e. The standard InChI is InChI=1S/C18H25N5O/c1-12(2)10-19-17(24)14-7-6-8-15(9-14)21-18-20-11-13(3)16(22-18)23(4)5/h6-9,11-12H,10H2,1-5H3,(H,19,24)(H,20,21,22). The van der Waals surface area contributed by atoms with Crippen LogP contribution in [0.2, 0.25) is 0 Å². The van der Waals surface area contributed by atoms with Crippen LogP contribution < -0.4 is 15.5 Å². The number of anilines is 3. The van der Waals surface area contributed by atoms with E-state index in [-0.39, 0.29) is 5.91 Å². The van der Waals surface area contributed by atoms with Crippen molar-refractivity contribution >= 4 is 23.4 Å². The van der Waals surface area contributed by atoms with E-state index < -0.39 is 0 Å². The Labute approximate surface area is 143 Å². The summed E-state index contributed by atoms with van der Waals surface area (Å²) >= 11 is 0. The monoisotopic (exact) mass is 327 g/mol. The number of carbonyl (C=O) groups excluding carboxylic acids is 1. The molecule has 128 valence electrons. The largest absolute Gasteiger partial charge is 0.362 e. The number of hydrogen-bond acceptors (Lipinski definition) is 5. The molecule has 6 heteroatoms. The fourth-order valence-electron chi connectivity index (χ4n) is 2.21. The Morgan fingerprint density at radius 3 is 2.71 bits per heavy atom. The Balaban J connectivity index is 2.15. The van der Waals surface area contributed by atoms with Gasteiger partial charge in [0.15, 0.2) is 0 Å². The van der Waals surface area contributed by atoms with Crippen molar-refractivity contribution < 1.29 is 4.79 Å². The molecule has 0 fully saturated rings. The highest BCUT2D eigenvalue weighted by Crippen LogP contribution is 2.19. The normalized spacial score (nSPS) is 10.6. The maximum Gasteiger partial charge on any atom is 0.251 e. The zero-order valence-corrected chi connectivity index (χ0v) is 14.9. The summed E-state index contributed by atoms with van der Waals surface area (Å²) in [4.78, 5) is 22.9. The molecule has 1 heterocycles. The van der Waals surface area contributed by atoms with Crippen molar-refractivity contribution in [2.75, 3.05) is 30.9 Å². The first kappa shape index (κ1) is 17.7. The Kier molecular flexibility index (Phi) is 5.73. The molecule has 0 bridgehead atoms. The molecule has 0 aliphatic heterocycles. The summed E-state index contributed by atoms with van der Waals surface area (Å²) in [5.74, 6) is 1.70. The maximum atomic E-state index is 12.2. The van der Waals surface area contributed by atoms with Gasteiger partial charge in [-0.1, -0.05) is 19.9 Å². The smallest absolute Gasteiger partial charge is 0.251 e. The lowest BCUT2D eigenvalue weighted by Crippen LogP contribution is -2.27. The molecule has 0 aliphatic carbocycles. The summed E-state index contributed by atoms with van der Waals surface area (Å²) in [6.45, 7) is 6.76. The van der Waals surface area contributed by atoms with Gasteiger partial charge in [0.25, 0.3) is 5.91 Å². The number of aryl methyl sites for hydroxylation is 1. The number of aromatic nitrogens is 2. The molecule has 0 aliphatic rings. The van der Waals surface area contributed by atoms with E-state index in [1.807, 2.05) is 38.1 Å². The zero-order chi connectivity index (χ0) is 17.7. The molecule has 0 radical (unpaired) electrons. The van der Waals surface area contributed by atoms with Crippen LogP contribution in [0, 0.1) is 12.8 Å². The highest BCUT2D eigenvalue weighted by Gasteiger charge is 2.09. The number of hydrogen-bond donors (Lipinski definition) is 2. The van der Waals surface area contributed by atoms with Gasteiger partial charge in [-0.25, -0.2) is 4.98 Å². The molecule has 0 saturated heterocycles. The summed E-state index contributed by atoms with van der Waals surface area (Å²) in [6, 6.07) is 7.32. The van der Waals surface area contributed by atoms with E-state index in [4.69, 9.17) is 0 Å². The average Bonchev–Trinajstić information content (AvgIpc) is 2.54. The molecule has 2 N–H and O–H groups in total. The van der Waals surface area contributed by atoms with Gasteiger partial charge < -0.3 is 15.5 Å². The van der Waals surface area contributed by atoms with Crippen LogP contribution >= 0.6 is 0 Å². The third-order valence-electron chi connectivity index (χ3n) is 3.42. The molecule has 2 rings (SSSR count). The van der Waals surface area contributed by atoms with Crippen LogP contribution in [0.5, 0.6) is 0 Å². The molecule has 0 spiro atoms. The van der Waals surface area contributed by atoms with Crippen molar-refractivity contribution in [2.45, 2.75) is 20.8 Å². The van der Waals surface area contributed by atoms with Crippen LogP contribution in [0.1, 0.15) is 29.8 Å². The van der Waals surface area contributed by atoms with Crippen molar-refractivity contribution in [2.24, 2.45) is 5.92 Å². The molecule has 24 heavy (non-hydrogen) atoms. The van der Waals surface area contributed by atoms with Crippen LogP contribution in [0.25, 0.3) is 0 Å². The van der Waals surface area contributed by atoms with Crippen molar-refractivity contribution in [1.82, 2.24) is 15.3 Å². The highest BCUT2D eigenvalue weighted by atomic mass is 16.1. The molecule has 6 nitrogen and oxygen atoms in total. The minimum atomic E-state index is -0.0776. The van der Waals surface area contributed by atoms with Crippen LogP contribution in [0.15, 0.2) is 30.5 Å². The molecule has 1 amide bonds. The van der Waals surface area contributed by atoms with E-state index in [1.165, 1.54) is 0 Å². The number of benzene rings is 1. The molecule has 0 saturated carbocycles. The molecule has 1 aromatic carbocycles. The predicted molar refractivity (Wildman–Crippen MR) is 98.0 cm³/mol. The van der Waals surface area contributed by atoms with Crippen LogP contribution in [0.4, 0.5) is 17.5 Å². The average molecular weight is 327 g/mol. The summed E-state index contributed by atoms with van der Waals surface area (Å²) in [5, 5.41) is 6.07. The van der Waals surface area contributed by atoms with Crippen molar-refractivity contribution in [1.29, 1.82) is 0 Å². The molecule has 2 aromatic rings. The SMILES string of the molecule is Cc1cnc(Nc2cccc(C(=O)NCC(C)C)c2)nc1N(C)C. The third kappa shape index (κ3) is 4.68. The van der Waals surface area contributed by atoms with Gasteiger partial charge in [0.05, 0.1) is 0 Å². The zero-order valence-electron chi connectivity index (χ0n) is 14.9. The van der Waals surface area contributed by atoms with Gasteiger partial charge >= 0.3 is 0 Å². The minimum absolute atomic E-state index is 0.0776. The third-order valence-corrected chi connectivity index (χ3v) is 3.42. The van der Waals surface area contributed by atoms with Gasteiger partial charge in [-0.3, -0.25) is 4.79 Å². The van der Waals surface area contributed by atoms with Crippen molar-refractivity contribution in [3.05, 3.63) is 41.6 Å². The second-order valence-corrected chi connectivity index (χ2v) is 6.40. The number of amides is 1. The molecular formula is C18H25N5O.